The molecule has 1 aromatic rings. The fourth-order valence-corrected chi connectivity index (χ4v) is 4.24. The molecule has 0 saturated carbocycles. The van der Waals surface area contributed by atoms with Crippen LogP contribution >= 0.6 is 0 Å². The molecule has 2 rings (SSSR count). The molecular formula is C20H28N2O9S. The Morgan fingerprint density at radius 1 is 1.16 bits per heavy atom. The standard InChI is InChI=1S/C20H28N2O9S/c1-10(2)19(26)21-16-13(22-32(29,30)12-6-4-11(3)5-7-12)8-15(20(27)28)31-18(16)17(25)14(24)9-23/h4-8,10,13-14,16-18,22-25H,9H2,1-3H3,(H,21,26)(H,27,28)/t13-,14?,16+,17+,18+/m0/s1. The van der Waals surface area contributed by atoms with Gasteiger partial charge in [-0.3, -0.25) is 4.79 Å². The Morgan fingerprint density at radius 2 is 1.75 bits per heavy atom. The highest BCUT2D eigenvalue weighted by Gasteiger charge is 2.45. The molecule has 0 aliphatic carbocycles. The van der Waals surface area contributed by atoms with Gasteiger partial charge in [0.25, 0.3) is 0 Å². The van der Waals surface area contributed by atoms with Crippen LogP contribution in [0.25, 0.3) is 0 Å². The molecule has 0 radical (unpaired) electrons. The molecule has 0 fully saturated rings. The van der Waals surface area contributed by atoms with E-state index in [1.807, 2.05) is 0 Å². The summed E-state index contributed by atoms with van der Waals surface area (Å²) in [6.45, 7) is 4.06. The average molecular weight is 473 g/mol. The second-order valence-corrected chi connectivity index (χ2v) is 9.52. The number of carbonyl (C=O) groups excluding carboxylic acids is 1. The van der Waals surface area contributed by atoms with Gasteiger partial charge >= 0.3 is 5.97 Å². The number of rotatable bonds is 9. The molecule has 11 nitrogen and oxygen atoms in total. The number of hydrogen-bond donors (Lipinski definition) is 6. The summed E-state index contributed by atoms with van der Waals surface area (Å²) in [4.78, 5) is 23.8. The monoisotopic (exact) mass is 472 g/mol. The number of aryl methyl sites for hydroxylation is 1. The predicted molar refractivity (Wildman–Crippen MR) is 112 cm³/mol. The highest BCUT2D eigenvalue weighted by Crippen LogP contribution is 2.25. The molecule has 6 N–H and O–H groups in total. The largest absolute Gasteiger partial charge is 0.478 e. The quantitative estimate of drug-likeness (QED) is 0.259. The molecule has 1 aromatic carbocycles. The van der Waals surface area contributed by atoms with E-state index in [1.54, 1.807) is 32.9 Å². The van der Waals surface area contributed by atoms with Gasteiger partial charge in [0.15, 0.2) is 0 Å². The lowest BCUT2D eigenvalue weighted by Gasteiger charge is -2.40. The van der Waals surface area contributed by atoms with Gasteiger partial charge in [-0.2, -0.15) is 0 Å². The second kappa shape index (κ2) is 10.4. The zero-order chi connectivity index (χ0) is 24.2. The SMILES string of the molecule is Cc1ccc(S(=O)(=O)N[C@H]2C=C(C(=O)O)O[C@@H]([C@H](O)C(O)CO)[C@@H]2NC(=O)C(C)C)cc1. The van der Waals surface area contributed by atoms with Crippen molar-refractivity contribution in [2.75, 3.05) is 6.61 Å². The minimum Gasteiger partial charge on any atom is -0.478 e. The maximum absolute atomic E-state index is 12.9. The fraction of sp³-hybridized carbons (Fsp3) is 0.500. The van der Waals surface area contributed by atoms with Crippen LogP contribution in [0.2, 0.25) is 0 Å². The van der Waals surface area contributed by atoms with E-state index < -0.39 is 70.6 Å². The van der Waals surface area contributed by atoms with Gasteiger partial charge in [-0.1, -0.05) is 31.5 Å². The molecule has 0 aromatic heterocycles. The number of carboxylic acid groups (broad SMARTS) is 1. The van der Waals surface area contributed by atoms with Gasteiger partial charge in [0.1, 0.15) is 18.3 Å². The van der Waals surface area contributed by atoms with Crippen LogP contribution in [0.4, 0.5) is 0 Å². The number of hydrogen-bond acceptors (Lipinski definition) is 8. The van der Waals surface area contributed by atoms with Gasteiger partial charge in [-0.05, 0) is 25.1 Å². The number of carboxylic acids is 1. The lowest BCUT2D eigenvalue weighted by atomic mass is 9.92. The van der Waals surface area contributed by atoms with Crippen LogP contribution in [0.3, 0.4) is 0 Å². The fourth-order valence-electron chi connectivity index (χ4n) is 3.04. The van der Waals surface area contributed by atoms with Gasteiger partial charge in [0.2, 0.25) is 21.7 Å². The van der Waals surface area contributed by atoms with Crippen molar-refractivity contribution in [2.24, 2.45) is 5.92 Å². The van der Waals surface area contributed by atoms with Crippen LogP contribution in [0.1, 0.15) is 19.4 Å². The zero-order valence-corrected chi connectivity index (χ0v) is 18.6. The van der Waals surface area contributed by atoms with E-state index in [4.69, 9.17) is 4.74 Å². The van der Waals surface area contributed by atoms with Crippen molar-refractivity contribution in [2.45, 2.75) is 56.1 Å². The van der Waals surface area contributed by atoms with Gasteiger partial charge in [-0.15, -0.1) is 0 Å². The second-order valence-electron chi connectivity index (χ2n) is 7.81. The molecule has 1 aliphatic heterocycles. The third-order valence-electron chi connectivity index (χ3n) is 4.92. The van der Waals surface area contributed by atoms with Crippen molar-refractivity contribution in [3.8, 4) is 0 Å². The minimum absolute atomic E-state index is 0.0960. The van der Waals surface area contributed by atoms with Crippen LogP contribution in [-0.4, -0.2) is 77.7 Å². The third kappa shape index (κ3) is 6.04. The molecule has 32 heavy (non-hydrogen) atoms. The predicted octanol–water partition coefficient (Wildman–Crippen LogP) is -1.14. The Hall–Kier alpha value is -2.51. The topological polar surface area (TPSA) is 182 Å². The first-order chi connectivity index (χ1) is 14.9. The summed E-state index contributed by atoms with van der Waals surface area (Å²) in [7, 11) is -4.18. The summed E-state index contributed by atoms with van der Waals surface area (Å²) >= 11 is 0. The van der Waals surface area contributed by atoms with Crippen LogP contribution < -0.4 is 10.0 Å². The van der Waals surface area contributed by atoms with Crippen molar-refractivity contribution >= 4 is 21.9 Å². The summed E-state index contributed by atoms with van der Waals surface area (Å²) in [5.41, 5.74) is 0.825. The van der Waals surface area contributed by atoms with Crippen LogP contribution in [-0.2, 0) is 24.3 Å². The van der Waals surface area contributed by atoms with Crippen LogP contribution in [0, 0.1) is 12.8 Å². The molecule has 178 valence electrons. The van der Waals surface area contributed by atoms with Crippen molar-refractivity contribution in [3.05, 3.63) is 41.7 Å². The van der Waals surface area contributed by atoms with E-state index >= 15 is 0 Å². The smallest absolute Gasteiger partial charge is 0.370 e. The lowest BCUT2D eigenvalue weighted by Crippen LogP contribution is -2.64. The molecule has 0 bridgehead atoms. The number of aliphatic hydroxyl groups is 3. The van der Waals surface area contributed by atoms with E-state index in [1.165, 1.54) is 12.1 Å². The Balaban J connectivity index is 2.51. The number of carbonyl (C=O) groups is 2. The third-order valence-corrected chi connectivity index (χ3v) is 6.39. The summed E-state index contributed by atoms with van der Waals surface area (Å²) in [5.74, 6) is -3.30. The van der Waals surface area contributed by atoms with E-state index in [2.05, 4.69) is 10.0 Å². The number of aliphatic hydroxyl groups excluding tert-OH is 3. The van der Waals surface area contributed by atoms with Gasteiger partial charge in [0.05, 0.1) is 23.6 Å². The molecule has 1 aliphatic rings. The molecular weight excluding hydrogens is 444 g/mol. The number of ether oxygens (including phenoxy) is 1. The van der Waals surface area contributed by atoms with E-state index in [0.29, 0.717) is 0 Å². The Morgan fingerprint density at radius 3 is 2.25 bits per heavy atom. The Labute approximate surface area is 185 Å². The van der Waals surface area contributed by atoms with Crippen molar-refractivity contribution < 1.29 is 43.2 Å². The van der Waals surface area contributed by atoms with Crippen molar-refractivity contribution in [1.82, 2.24) is 10.0 Å². The first-order valence-electron chi connectivity index (χ1n) is 9.85. The number of benzene rings is 1. The van der Waals surface area contributed by atoms with Gasteiger partial charge < -0.3 is 30.5 Å². The molecule has 1 amide bonds. The van der Waals surface area contributed by atoms with E-state index in [0.717, 1.165) is 11.6 Å². The summed E-state index contributed by atoms with van der Waals surface area (Å²) in [5, 5.41) is 41.5. The number of sulfonamides is 1. The minimum atomic E-state index is -4.18. The first kappa shape index (κ1) is 25.7. The molecule has 12 heteroatoms. The summed E-state index contributed by atoms with van der Waals surface area (Å²) < 4.78 is 33.5. The first-order valence-corrected chi connectivity index (χ1v) is 11.3. The molecule has 0 spiro atoms. The highest BCUT2D eigenvalue weighted by molar-refractivity contribution is 7.89. The average Bonchev–Trinajstić information content (AvgIpc) is 2.73. The summed E-state index contributed by atoms with van der Waals surface area (Å²) in [6, 6.07) is 3.24. The van der Waals surface area contributed by atoms with E-state index in [9.17, 15) is 38.4 Å². The highest BCUT2D eigenvalue weighted by atomic mass is 32.2. The van der Waals surface area contributed by atoms with E-state index in [-0.39, 0.29) is 4.90 Å². The summed E-state index contributed by atoms with van der Waals surface area (Å²) in [6.07, 6.45) is -4.19. The van der Waals surface area contributed by atoms with Gasteiger partial charge in [0, 0.05) is 5.92 Å². The number of aliphatic carboxylic acids is 1. The Bertz CT molecular complexity index is 960. The number of amides is 1. The molecule has 5 atom stereocenters. The lowest BCUT2D eigenvalue weighted by molar-refractivity contribution is -0.146. The molecule has 1 heterocycles. The number of nitrogens with one attached hydrogen (secondary N) is 2. The maximum Gasteiger partial charge on any atom is 0.370 e. The van der Waals surface area contributed by atoms with Crippen LogP contribution in [0.15, 0.2) is 41.0 Å². The molecule has 1 unspecified atom stereocenters. The van der Waals surface area contributed by atoms with Gasteiger partial charge in [-0.25, -0.2) is 17.9 Å². The normalized spacial score (nSPS) is 23.1. The molecule has 0 saturated heterocycles. The van der Waals surface area contributed by atoms with Crippen molar-refractivity contribution in [1.29, 1.82) is 0 Å². The van der Waals surface area contributed by atoms with Crippen molar-refractivity contribution in [3.63, 3.8) is 0 Å². The Kier molecular flexibility index (Phi) is 8.37. The maximum atomic E-state index is 12.9. The van der Waals surface area contributed by atoms with Crippen LogP contribution in [0.5, 0.6) is 0 Å². The zero-order valence-electron chi connectivity index (χ0n) is 17.8.